The van der Waals surface area contributed by atoms with Crippen molar-refractivity contribution in [1.82, 2.24) is 15.1 Å². The van der Waals surface area contributed by atoms with Crippen LogP contribution in [0.4, 0.5) is 5.13 Å². The van der Waals surface area contributed by atoms with Crippen LogP contribution in [0.5, 0.6) is 0 Å². The lowest BCUT2D eigenvalue weighted by Gasteiger charge is -2.01. The Bertz CT molecular complexity index is 677. The van der Waals surface area contributed by atoms with E-state index in [1.54, 1.807) is 6.92 Å². The second-order valence-electron chi connectivity index (χ2n) is 4.55. The highest BCUT2D eigenvalue weighted by atomic mass is 32.2. The van der Waals surface area contributed by atoms with Gasteiger partial charge in [0.15, 0.2) is 20.8 Å². The summed E-state index contributed by atoms with van der Waals surface area (Å²) in [4.78, 5) is 8.27. The van der Waals surface area contributed by atoms with Crippen molar-refractivity contribution in [2.75, 3.05) is 12.0 Å². The molecule has 2 rings (SSSR count). The molecule has 1 atom stereocenters. The van der Waals surface area contributed by atoms with Gasteiger partial charge in [0.1, 0.15) is 5.25 Å². The molecule has 2 heterocycles. The lowest BCUT2D eigenvalue weighted by atomic mass is 10.2. The number of nitrogen functional groups attached to an aromatic ring is 1. The molecule has 0 radical (unpaired) electrons. The third kappa shape index (κ3) is 3.76. The van der Waals surface area contributed by atoms with Gasteiger partial charge in [0.25, 0.3) is 0 Å². The molecular formula is C11H16N4O3S2. The smallest absolute Gasteiger partial charge is 0.226 e. The second kappa shape index (κ2) is 5.88. The summed E-state index contributed by atoms with van der Waals surface area (Å²) >= 11 is 1.41. The minimum Gasteiger partial charge on any atom is -0.375 e. The van der Waals surface area contributed by atoms with Gasteiger partial charge in [-0.2, -0.15) is 4.98 Å². The zero-order valence-electron chi connectivity index (χ0n) is 11.2. The van der Waals surface area contributed by atoms with Gasteiger partial charge >= 0.3 is 0 Å². The van der Waals surface area contributed by atoms with E-state index in [1.165, 1.54) is 11.3 Å². The molecule has 0 aliphatic rings. The fourth-order valence-corrected chi connectivity index (χ4v) is 2.66. The second-order valence-corrected chi connectivity index (χ2v) is 7.80. The minimum absolute atomic E-state index is 0.209. The van der Waals surface area contributed by atoms with Gasteiger partial charge in [-0.05, 0) is 19.8 Å². The number of sulfone groups is 1. The standard InChI is InChI=1S/C11H16N4O3S2/c1-7(20(2,16)17)10-14-9(18-15-10)5-3-4-8-6-19-11(12)13-8/h6-7H,3-5H2,1-2H3,(H2,12,13). The molecule has 0 aromatic carbocycles. The maximum atomic E-state index is 11.4. The number of aromatic nitrogens is 3. The zero-order valence-corrected chi connectivity index (χ0v) is 12.9. The number of hydrogen-bond donors (Lipinski definition) is 1. The summed E-state index contributed by atoms with van der Waals surface area (Å²) in [5.41, 5.74) is 6.49. The highest BCUT2D eigenvalue weighted by Gasteiger charge is 2.22. The van der Waals surface area contributed by atoms with Gasteiger partial charge in [-0.15, -0.1) is 11.3 Å². The molecule has 2 aromatic rings. The molecule has 0 aliphatic carbocycles. The van der Waals surface area contributed by atoms with Crippen LogP contribution in [0, 0.1) is 0 Å². The van der Waals surface area contributed by atoms with Gasteiger partial charge in [0, 0.05) is 18.1 Å². The normalized spacial score (nSPS) is 13.5. The van der Waals surface area contributed by atoms with Crippen molar-refractivity contribution >= 4 is 26.3 Å². The predicted octanol–water partition coefficient (Wildman–Crippen LogP) is 1.39. The number of nitrogens with two attached hydrogens (primary N) is 1. The average molecular weight is 316 g/mol. The van der Waals surface area contributed by atoms with Crippen molar-refractivity contribution in [3.8, 4) is 0 Å². The Morgan fingerprint density at radius 2 is 2.15 bits per heavy atom. The predicted molar refractivity (Wildman–Crippen MR) is 76.1 cm³/mol. The first-order valence-corrected chi connectivity index (χ1v) is 8.91. The van der Waals surface area contributed by atoms with Crippen molar-refractivity contribution in [2.24, 2.45) is 0 Å². The van der Waals surface area contributed by atoms with Gasteiger partial charge in [0.2, 0.25) is 5.89 Å². The first kappa shape index (κ1) is 14.9. The van der Waals surface area contributed by atoms with Crippen LogP contribution in [-0.4, -0.2) is 29.8 Å². The molecule has 0 spiro atoms. The van der Waals surface area contributed by atoms with Gasteiger partial charge in [-0.3, -0.25) is 0 Å². The molecule has 2 aromatic heterocycles. The molecule has 7 nitrogen and oxygen atoms in total. The summed E-state index contributed by atoms with van der Waals surface area (Å²) in [5, 5.41) is 5.44. The van der Waals surface area contributed by atoms with Crippen LogP contribution in [0.1, 0.15) is 36.0 Å². The third-order valence-corrected chi connectivity index (χ3v) is 5.10. The van der Waals surface area contributed by atoms with E-state index in [2.05, 4.69) is 15.1 Å². The molecule has 0 fully saturated rings. The van der Waals surface area contributed by atoms with Crippen LogP contribution in [0.15, 0.2) is 9.90 Å². The van der Waals surface area contributed by atoms with E-state index in [0.29, 0.717) is 17.4 Å². The molecule has 20 heavy (non-hydrogen) atoms. The van der Waals surface area contributed by atoms with Gasteiger partial charge in [0.05, 0.1) is 5.69 Å². The summed E-state index contributed by atoms with van der Waals surface area (Å²) in [6.07, 6.45) is 3.30. The topological polar surface area (TPSA) is 112 Å². The van der Waals surface area contributed by atoms with Crippen LogP contribution in [-0.2, 0) is 22.7 Å². The van der Waals surface area contributed by atoms with Crippen LogP contribution in [0.3, 0.4) is 0 Å². The average Bonchev–Trinajstić information content (AvgIpc) is 2.97. The van der Waals surface area contributed by atoms with Crippen LogP contribution in [0.25, 0.3) is 0 Å². The van der Waals surface area contributed by atoms with Crippen LogP contribution >= 0.6 is 11.3 Å². The summed E-state index contributed by atoms with van der Waals surface area (Å²) in [7, 11) is -3.21. The van der Waals surface area contributed by atoms with E-state index >= 15 is 0 Å². The maximum absolute atomic E-state index is 11.4. The first-order valence-electron chi connectivity index (χ1n) is 6.07. The van der Waals surface area contributed by atoms with Crippen LogP contribution in [0.2, 0.25) is 0 Å². The molecule has 0 bridgehead atoms. The molecule has 2 N–H and O–H groups in total. The van der Waals surface area contributed by atoms with Crippen molar-refractivity contribution in [1.29, 1.82) is 0 Å². The fourth-order valence-electron chi connectivity index (χ4n) is 1.58. The van der Waals surface area contributed by atoms with Crippen molar-refractivity contribution in [3.63, 3.8) is 0 Å². The van der Waals surface area contributed by atoms with Crippen molar-refractivity contribution < 1.29 is 12.9 Å². The third-order valence-electron chi connectivity index (χ3n) is 2.88. The Kier molecular flexibility index (Phi) is 4.39. The van der Waals surface area contributed by atoms with Crippen molar-refractivity contribution in [2.45, 2.75) is 31.4 Å². The largest absolute Gasteiger partial charge is 0.375 e. The number of aryl methyl sites for hydroxylation is 2. The monoisotopic (exact) mass is 316 g/mol. The maximum Gasteiger partial charge on any atom is 0.226 e. The zero-order chi connectivity index (χ0) is 14.8. The Morgan fingerprint density at radius 1 is 1.40 bits per heavy atom. The molecule has 9 heteroatoms. The number of hydrogen-bond acceptors (Lipinski definition) is 8. The minimum atomic E-state index is -3.21. The molecule has 0 aliphatic heterocycles. The van der Waals surface area contributed by atoms with E-state index in [9.17, 15) is 8.42 Å². The van der Waals surface area contributed by atoms with Gasteiger partial charge < -0.3 is 10.3 Å². The number of anilines is 1. The van der Waals surface area contributed by atoms with E-state index in [0.717, 1.165) is 24.8 Å². The molecule has 0 saturated heterocycles. The summed E-state index contributed by atoms with van der Waals surface area (Å²) < 4.78 is 27.9. The SMILES string of the molecule is CC(c1noc(CCCc2csc(N)n2)n1)S(C)(=O)=O. The van der Waals surface area contributed by atoms with Gasteiger partial charge in [-0.1, -0.05) is 5.16 Å². The van der Waals surface area contributed by atoms with E-state index < -0.39 is 15.1 Å². The lowest BCUT2D eigenvalue weighted by molar-refractivity contribution is 0.370. The van der Waals surface area contributed by atoms with E-state index in [1.807, 2.05) is 5.38 Å². The summed E-state index contributed by atoms with van der Waals surface area (Å²) in [6.45, 7) is 1.54. The highest BCUT2D eigenvalue weighted by Crippen LogP contribution is 2.18. The summed E-state index contributed by atoms with van der Waals surface area (Å²) in [6, 6.07) is 0. The van der Waals surface area contributed by atoms with E-state index in [-0.39, 0.29) is 5.82 Å². The fraction of sp³-hybridized carbons (Fsp3) is 0.545. The molecule has 1 unspecified atom stereocenters. The van der Waals surface area contributed by atoms with Crippen molar-refractivity contribution in [3.05, 3.63) is 22.8 Å². The Balaban J connectivity index is 1.90. The quantitative estimate of drug-likeness (QED) is 0.856. The Hall–Kier alpha value is -1.48. The molecular weight excluding hydrogens is 300 g/mol. The molecule has 0 saturated carbocycles. The van der Waals surface area contributed by atoms with E-state index in [4.69, 9.17) is 10.3 Å². The molecule has 0 amide bonds. The number of thiazole rings is 1. The number of rotatable bonds is 6. The highest BCUT2D eigenvalue weighted by molar-refractivity contribution is 7.90. The molecule has 110 valence electrons. The Morgan fingerprint density at radius 3 is 2.75 bits per heavy atom. The first-order chi connectivity index (χ1) is 9.36. The lowest BCUT2D eigenvalue weighted by Crippen LogP contribution is -2.09. The summed E-state index contributed by atoms with van der Waals surface area (Å²) in [5.74, 6) is 0.652. The van der Waals surface area contributed by atoms with Crippen LogP contribution < -0.4 is 5.73 Å². The number of nitrogens with zero attached hydrogens (tertiary/aromatic N) is 3. The Labute approximate surface area is 121 Å². The van der Waals surface area contributed by atoms with Gasteiger partial charge in [-0.25, -0.2) is 13.4 Å².